The fourth-order valence-electron chi connectivity index (χ4n) is 2.39. The molecule has 2 heterocycles. The van der Waals surface area contributed by atoms with Crippen molar-refractivity contribution in [3.05, 3.63) is 46.3 Å². The first kappa shape index (κ1) is 19.2. The van der Waals surface area contributed by atoms with Crippen molar-refractivity contribution in [1.82, 2.24) is 15.6 Å². The SMILES string of the molecule is CCNC(=NCc1cccnc1N(C)C)NCC(C)(O)c1cccs1. The van der Waals surface area contributed by atoms with Crippen LogP contribution in [0.5, 0.6) is 0 Å². The van der Waals surface area contributed by atoms with E-state index < -0.39 is 5.60 Å². The van der Waals surface area contributed by atoms with Gasteiger partial charge in [-0.1, -0.05) is 12.1 Å². The Morgan fingerprint density at radius 3 is 2.76 bits per heavy atom. The minimum atomic E-state index is -0.937. The highest BCUT2D eigenvalue weighted by Gasteiger charge is 2.24. The molecule has 0 aliphatic rings. The van der Waals surface area contributed by atoms with Gasteiger partial charge in [0.25, 0.3) is 0 Å². The molecule has 2 aromatic heterocycles. The Morgan fingerprint density at radius 1 is 1.32 bits per heavy atom. The lowest BCUT2D eigenvalue weighted by atomic mass is 10.1. The molecule has 1 atom stereocenters. The highest BCUT2D eigenvalue weighted by atomic mass is 32.1. The number of aliphatic imine (C=N–C) groups is 1. The van der Waals surface area contributed by atoms with E-state index in [1.54, 1.807) is 24.5 Å². The van der Waals surface area contributed by atoms with Crippen molar-refractivity contribution in [2.45, 2.75) is 26.0 Å². The number of pyridine rings is 1. The minimum Gasteiger partial charge on any atom is -0.383 e. The van der Waals surface area contributed by atoms with Crippen LogP contribution >= 0.6 is 11.3 Å². The van der Waals surface area contributed by atoms with Crippen LogP contribution in [0, 0.1) is 0 Å². The molecule has 1 unspecified atom stereocenters. The van der Waals surface area contributed by atoms with Gasteiger partial charge in [-0.25, -0.2) is 9.98 Å². The van der Waals surface area contributed by atoms with E-state index >= 15 is 0 Å². The van der Waals surface area contributed by atoms with Gasteiger partial charge in [-0.2, -0.15) is 0 Å². The maximum atomic E-state index is 10.6. The van der Waals surface area contributed by atoms with E-state index in [1.807, 2.05) is 55.6 Å². The first-order chi connectivity index (χ1) is 11.9. The molecule has 2 aromatic rings. The largest absolute Gasteiger partial charge is 0.383 e. The molecule has 0 saturated carbocycles. The summed E-state index contributed by atoms with van der Waals surface area (Å²) in [5, 5.41) is 19.1. The molecule has 3 N–H and O–H groups in total. The number of anilines is 1. The van der Waals surface area contributed by atoms with Gasteiger partial charge in [0.15, 0.2) is 5.96 Å². The second kappa shape index (κ2) is 8.82. The molecule has 136 valence electrons. The molecule has 0 bridgehead atoms. The van der Waals surface area contributed by atoms with Crippen LogP contribution in [0.3, 0.4) is 0 Å². The van der Waals surface area contributed by atoms with E-state index in [0.29, 0.717) is 19.0 Å². The smallest absolute Gasteiger partial charge is 0.191 e. The Bertz CT molecular complexity index is 683. The highest BCUT2D eigenvalue weighted by Crippen LogP contribution is 2.24. The highest BCUT2D eigenvalue weighted by molar-refractivity contribution is 7.10. The van der Waals surface area contributed by atoms with Gasteiger partial charge in [-0.3, -0.25) is 0 Å². The molecule has 0 aromatic carbocycles. The Kier molecular flexibility index (Phi) is 6.78. The summed E-state index contributed by atoms with van der Waals surface area (Å²) in [7, 11) is 3.94. The van der Waals surface area contributed by atoms with Crippen LogP contribution in [-0.2, 0) is 12.1 Å². The van der Waals surface area contributed by atoms with Crippen LogP contribution in [-0.4, -0.2) is 43.2 Å². The number of guanidine groups is 1. The number of hydrogen-bond donors (Lipinski definition) is 3. The summed E-state index contributed by atoms with van der Waals surface area (Å²) in [5.41, 5.74) is 0.114. The minimum absolute atomic E-state index is 0.382. The van der Waals surface area contributed by atoms with Gasteiger partial charge in [-0.15, -0.1) is 11.3 Å². The topological polar surface area (TPSA) is 72.8 Å². The number of nitrogens with zero attached hydrogens (tertiary/aromatic N) is 3. The van der Waals surface area contributed by atoms with Gasteiger partial charge < -0.3 is 20.6 Å². The third-order valence-corrected chi connectivity index (χ3v) is 4.82. The molecule has 2 rings (SSSR count). The molecule has 0 spiro atoms. The zero-order chi connectivity index (χ0) is 18.3. The summed E-state index contributed by atoms with van der Waals surface area (Å²) in [5.74, 6) is 1.58. The summed E-state index contributed by atoms with van der Waals surface area (Å²) >= 11 is 1.55. The zero-order valence-electron chi connectivity index (χ0n) is 15.3. The first-order valence-corrected chi connectivity index (χ1v) is 9.21. The second-order valence-electron chi connectivity index (χ2n) is 6.18. The predicted octanol–water partition coefficient (Wildman–Crippen LogP) is 2.17. The number of aliphatic hydroxyl groups is 1. The summed E-state index contributed by atoms with van der Waals surface area (Å²) in [6, 6.07) is 7.82. The van der Waals surface area contributed by atoms with Gasteiger partial charge in [0, 0.05) is 37.3 Å². The quantitative estimate of drug-likeness (QED) is 0.521. The Morgan fingerprint density at radius 2 is 2.12 bits per heavy atom. The van der Waals surface area contributed by atoms with Gasteiger partial charge in [-0.05, 0) is 31.4 Å². The third kappa shape index (κ3) is 5.44. The van der Waals surface area contributed by atoms with Gasteiger partial charge in [0.1, 0.15) is 11.4 Å². The lowest BCUT2D eigenvalue weighted by Crippen LogP contribution is -2.44. The van der Waals surface area contributed by atoms with Crippen molar-refractivity contribution in [2.75, 3.05) is 32.1 Å². The molecule has 0 aliphatic heterocycles. The fourth-order valence-corrected chi connectivity index (χ4v) is 3.18. The normalized spacial score (nSPS) is 14.0. The zero-order valence-corrected chi connectivity index (χ0v) is 16.1. The molecule has 0 aliphatic carbocycles. The monoisotopic (exact) mass is 361 g/mol. The molecule has 0 amide bonds. The lowest BCUT2D eigenvalue weighted by Gasteiger charge is -2.24. The Labute approximate surface area is 153 Å². The van der Waals surface area contributed by atoms with E-state index in [2.05, 4.69) is 20.6 Å². The summed E-state index contributed by atoms with van der Waals surface area (Å²) in [6.07, 6.45) is 1.78. The maximum Gasteiger partial charge on any atom is 0.191 e. The Hall–Kier alpha value is -2.12. The van der Waals surface area contributed by atoms with Gasteiger partial charge >= 0.3 is 0 Å². The molecular formula is C18H27N5OS. The number of rotatable bonds is 7. The number of nitrogens with one attached hydrogen (secondary N) is 2. The van der Waals surface area contributed by atoms with Gasteiger partial charge in [0.2, 0.25) is 0 Å². The number of thiophene rings is 1. The average molecular weight is 362 g/mol. The van der Waals surface area contributed by atoms with Crippen molar-refractivity contribution in [1.29, 1.82) is 0 Å². The van der Waals surface area contributed by atoms with Crippen molar-refractivity contribution in [2.24, 2.45) is 4.99 Å². The molecular weight excluding hydrogens is 334 g/mol. The maximum absolute atomic E-state index is 10.6. The summed E-state index contributed by atoms with van der Waals surface area (Å²) in [6.45, 7) is 5.47. The van der Waals surface area contributed by atoms with E-state index in [4.69, 9.17) is 0 Å². The van der Waals surface area contributed by atoms with E-state index in [9.17, 15) is 5.11 Å². The van der Waals surface area contributed by atoms with E-state index in [0.717, 1.165) is 22.8 Å². The van der Waals surface area contributed by atoms with Gasteiger partial charge in [0.05, 0.1) is 13.1 Å². The number of aromatic nitrogens is 1. The standard InChI is InChI=1S/C18H27N5OS/c1-5-19-17(22-13-18(2,24)15-9-7-11-25-15)21-12-14-8-6-10-20-16(14)23(3)4/h6-11,24H,5,12-13H2,1-4H3,(H2,19,21,22). The summed E-state index contributed by atoms with van der Waals surface area (Å²) in [4.78, 5) is 11.9. The predicted molar refractivity (Wildman–Crippen MR) is 105 cm³/mol. The van der Waals surface area contributed by atoms with Crippen LogP contribution in [0.4, 0.5) is 5.82 Å². The molecule has 25 heavy (non-hydrogen) atoms. The van der Waals surface area contributed by atoms with Crippen LogP contribution in [0.1, 0.15) is 24.3 Å². The molecule has 0 saturated heterocycles. The van der Waals surface area contributed by atoms with Crippen molar-refractivity contribution >= 4 is 23.1 Å². The van der Waals surface area contributed by atoms with Crippen LogP contribution in [0.15, 0.2) is 40.8 Å². The first-order valence-electron chi connectivity index (χ1n) is 8.34. The van der Waals surface area contributed by atoms with E-state index in [1.165, 1.54) is 0 Å². The molecule has 0 radical (unpaired) electrons. The fraction of sp³-hybridized carbons (Fsp3) is 0.444. The molecule has 0 fully saturated rings. The second-order valence-corrected chi connectivity index (χ2v) is 7.13. The van der Waals surface area contributed by atoms with Crippen molar-refractivity contribution < 1.29 is 5.11 Å². The van der Waals surface area contributed by atoms with Crippen LogP contribution in [0.25, 0.3) is 0 Å². The molecule has 7 heteroatoms. The van der Waals surface area contributed by atoms with Crippen LogP contribution < -0.4 is 15.5 Å². The number of hydrogen-bond acceptors (Lipinski definition) is 5. The van der Waals surface area contributed by atoms with Crippen molar-refractivity contribution in [3.8, 4) is 0 Å². The summed E-state index contributed by atoms with van der Waals surface area (Å²) < 4.78 is 0. The van der Waals surface area contributed by atoms with Crippen molar-refractivity contribution in [3.63, 3.8) is 0 Å². The third-order valence-electron chi connectivity index (χ3n) is 3.69. The molecule has 6 nitrogen and oxygen atoms in total. The lowest BCUT2D eigenvalue weighted by molar-refractivity contribution is 0.0655. The Balaban J connectivity index is 2.06. The average Bonchev–Trinajstić information content (AvgIpc) is 3.13. The van der Waals surface area contributed by atoms with E-state index in [-0.39, 0.29) is 0 Å². The van der Waals surface area contributed by atoms with Crippen LogP contribution in [0.2, 0.25) is 0 Å².